The van der Waals surface area contributed by atoms with Crippen molar-refractivity contribution in [1.82, 2.24) is 0 Å². The summed E-state index contributed by atoms with van der Waals surface area (Å²) in [6, 6.07) is 0. The number of rotatable bonds is 57. The van der Waals surface area contributed by atoms with Crippen LogP contribution in [0.3, 0.4) is 0 Å². The highest BCUT2D eigenvalue weighted by atomic mass is 31.2. The van der Waals surface area contributed by atoms with Crippen molar-refractivity contribution in [3.8, 4) is 0 Å². The minimum atomic E-state index is -4.40. The van der Waals surface area contributed by atoms with E-state index in [0.717, 1.165) is 109 Å². The molecule has 0 saturated carbocycles. The molecule has 0 aliphatic carbocycles. The van der Waals surface area contributed by atoms with Gasteiger partial charge in [0.25, 0.3) is 0 Å². The van der Waals surface area contributed by atoms with Crippen LogP contribution in [-0.4, -0.2) is 49.3 Å². The maximum absolute atomic E-state index is 12.7. The second kappa shape index (κ2) is 60.2. The number of unbranched alkanes of at least 4 members (excludes halogenated alkanes) is 28. The van der Waals surface area contributed by atoms with Gasteiger partial charge < -0.3 is 20.1 Å². The highest BCUT2D eigenvalue weighted by Crippen LogP contribution is 2.43. The van der Waals surface area contributed by atoms with Crippen molar-refractivity contribution in [2.75, 3.05) is 26.4 Å². The molecule has 0 bridgehead atoms. The number of phosphoric ester groups is 1. The highest BCUT2D eigenvalue weighted by molar-refractivity contribution is 7.47. The van der Waals surface area contributed by atoms with Gasteiger partial charge in [0.2, 0.25) is 0 Å². The molecule has 2 unspecified atom stereocenters. The van der Waals surface area contributed by atoms with Gasteiger partial charge in [0.1, 0.15) is 6.61 Å². The number of esters is 2. The average molecular weight is 1070 g/mol. The summed E-state index contributed by atoms with van der Waals surface area (Å²) in [7, 11) is -4.40. The Morgan fingerprint density at radius 1 is 0.413 bits per heavy atom. The van der Waals surface area contributed by atoms with E-state index in [1.165, 1.54) is 128 Å². The summed E-state index contributed by atoms with van der Waals surface area (Å²) >= 11 is 0. The van der Waals surface area contributed by atoms with Crippen LogP contribution in [0.2, 0.25) is 0 Å². The van der Waals surface area contributed by atoms with Crippen molar-refractivity contribution in [1.29, 1.82) is 0 Å². The molecule has 9 nitrogen and oxygen atoms in total. The average Bonchev–Trinajstić information content (AvgIpc) is 3.40. The summed E-state index contributed by atoms with van der Waals surface area (Å²) in [6.45, 7) is 3.64. The van der Waals surface area contributed by atoms with E-state index < -0.39 is 26.5 Å². The largest absolute Gasteiger partial charge is 0.472 e. The van der Waals surface area contributed by atoms with Crippen molar-refractivity contribution in [2.24, 2.45) is 5.73 Å². The van der Waals surface area contributed by atoms with E-state index in [4.69, 9.17) is 24.3 Å². The first kappa shape index (κ1) is 71.9. The quantitative estimate of drug-likeness (QED) is 0.0264. The first-order valence-corrected chi connectivity index (χ1v) is 32.2. The van der Waals surface area contributed by atoms with Crippen molar-refractivity contribution in [3.05, 3.63) is 97.2 Å². The van der Waals surface area contributed by atoms with Crippen LogP contribution in [0, 0.1) is 0 Å². The normalized spacial score (nSPS) is 13.7. The predicted molar refractivity (Wildman–Crippen MR) is 321 cm³/mol. The number of carbonyl (C=O) groups is 2. The molecule has 0 aromatic carbocycles. The molecular formula is C65H114NO8P. The molecule has 0 aliphatic heterocycles. The van der Waals surface area contributed by atoms with Crippen LogP contribution in [-0.2, 0) is 32.7 Å². The van der Waals surface area contributed by atoms with Gasteiger partial charge in [-0.2, -0.15) is 0 Å². The van der Waals surface area contributed by atoms with Gasteiger partial charge in [-0.05, 0) is 77.0 Å². The topological polar surface area (TPSA) is 134 Å². The number of carbonyl (C=O) groups excluding carboxylic acids is 2. The Labute approximate surface area is 461 Å². The minimum Gasteiger partial charge on any atom is -0.462 e. The molecule has 2 atom stereocenters. The Morgan fingerprint density at radius 2 is 0.733 bits per heavy atom. The molecule has 0 rings (SSSR count). The van der Waals surface area contributed by atoms with Crippen LogP contribution in [0.15, 0.2) is 97.2 Å². The summed E-state index contributed by atoms with van der Waals surface area (Å²) in [5.74, 6) is -0.840. The lowest BCUT2D eigenvalue weighted by Crippen LogP contribution is -2.29. The molecule has 0 spiro atoms. The van der Waals surface area contributed by atoms with Gasteiger partial charge in [0, 0.05) is 19.4 Å². The first-order valence-electron chi connectivity index (χ1n) is 30.7. The SMILES string of the molecule is CC/C=C\C/C=C\C/C=C\C/C=C\C/C=C\C/C=C\C/C=C\C/C=C\CCCCCCCCC(=O)OC(COC(=O)CCCCCCCCCCCCCCCCCCCCCCCCC)COP(=O)(O)OCCN. The van der Waals surface area contributed by atoms with E-state index in [9.17, 15) is 19.0 Å². The number of ether oxygens (including phenoxy) is 2. The molecular weight excluding hydrogens is 954 g/mol. The van der Waals surface area contributed by atoms with Crippen LogP contribution < -0.4 is 5.73 Å². The second-order valence-electron chi connectivity index (χ2n) is 20.2. The van der Waals surface area contributed by atoms with E-state index in [1.807, 2.05) is 0 Å². The number of hydrogen-bond acceptors (Lipinski definition) is 8. The Morgan fingerprint density at radius 3 is 1.09 bits per heavy atom. The van der Waals surface area contributed by atoms with Gasteiger partial charge in [0.05, 0.1) is 13.2 Å². The lowest BCUT2D eigenvalue weighted by molar-refractivity contribution is -0.161. The number of nitrogens with two attached hydrogens (primary N) is 1. The first-order chi connectivity index (χ1) is 36.8. The summed E-state index contributed by atoms with van der Waals surface area (Å²) in [5.41, 5.74) is 5.39. The molecule has 0 aromatic rings. The Hall–Kier alpha value is -3.07. The van der Waals surface area contributed by atoms with E-state index in [2.05, 4.69) is 111 Å². The molecule has 10 heteroatoms. The molecule has 0 fully saturated rings. The van der Waals surface area contributed by atoms with Gasteiger partial charge in [-0.15, -0.1) is 0 Å². The summed E-state index contributed by atoms with van der Waals surface area (Å²) < 4.78 is 33.1. The summed E-state index contributed by atoms with van der Waals surface area (Å²) in [6.07, 6.45) is 80.4. The standard InChI is InChI=1S/C65H114NO8P/c1-3-5-7-9-11-13-15-17-19-21-23-25-27-28-29-30-31-32-33-34-36-38-40-42-44-46-48-50-52-54-56-58-65(68)74-63(62-73-75(69,70)72-60-59-66)61-71-64(67)57-55-53-51-49-47-45-43-41-39-37-35-26-24-22-20-18-16-14-12-10-8-6-4-2/h5,7,11,13,17,19,23,25,28-29,31-32,34,36,40,42,63H,3-4,6,8-10,12,14-16,18,20-22,24,26-27,30,33,35,37-39,41,43-62,66H2,1-2H3,(H,69,70)/b7-5-,13-11-,19-17-,25-23-,29-28-,32-31-,36-34-,42-40-. The molecule has 0 amide bonds. The predicted octanol–water partition coefficient (Wildman–Crippen LogP) is 19.6. The fourth-order valence-corrected chi connectivity index (χ4v) is 9.24. The zero-order valence-electron chi connectivity index (χ0n) is 48.3. The van der Waals surface area contributed by atoms with Gasteiger partial charge in [-0.1, -0.05) is 278 Å². The van der Waals surface area contributed by atoms with Crippen molar-refractivity contribution in [2.45, 2.75) is 277 Å². The zero-order valence-corrected chi connectivity index (χ0v) is 49.2. The lowest BCUT2D eigenvalue weighted by Gasteiger charge is -2.19. The monoisotopic (exact) mass is 1070 g/mol. The van der Waals surface area contributed by atoms with Crippen LogP contribution in [0.4, 0.5) is 0 Å². The third-order valence-corrected chi connectivity index (χ3v) is 14.0. The Balaban J connectivity index is 4.02. The van der Waals surface area contributed by atoms with E-state index in [0.29, 0.717) is 6.42 Å². The van der Waals surface area contributed by atoms with Crippen LogP contribution >= 0.6 is 7.82 Å². The number of allylic oxidation sites excluding steroid dienone is 16. The van der Waals surface area contributed by atoms with Crippen LogP contribution in [0.1, 0.15) is 271 Å². The van der Waals surface area contributed by atoms with Gasteiger partial charge >= 0.3 is 19.8 Å². The summed E-state index contributed by atoms with van der Waals surface area (Å²) in [4.78, 5) is 35.2. The zero-order chi connectivity index (χ0) is 54.5. The highest BCUT2D eigenvalue weighted by Gasteiger charge is 2.26. The Kier molecular flexibility index (Phi) is 57.7. The third-order valence-electron chi connectivity index (χ3n) is 13.0. The molecule has 0 heterocycles. The second-order valence-corrected chi connectivity index (χ2v) is 21.7. The smallest absolute Gasteiger partial charge is 0.462 e. The third kappa shape index (κ3) is 60.0. The molecule has 0 aliphatic rings. The van der Waals surface area contributed by atoms with Crippen LogP contribution in [0.25, 0.3) is 0 Å². The van der Waals surface area contributed by atoms with E-state index >= 15 is 0 Å². The molecule has 0 saturated heterocycles. The van der Waals surface area contributed by atoms with Gasteiger partial charge in [-0.25, -0.2) is 4.57 Å². The molecule has 432 valence electrons. The number of phosphoric acid groups is 1. The molecule has 3 N–H and O–H groups in total. The fourth-order valence-electron chi connectivity index (χ4n) is 8.48. The fraction of sp³-hybridized carbons (Fsp3) is 0.723. The molecule has 0 aromatic heterocycles. The maximum atomic E-state index is 12.7. The van der Waals surface area contributed by atoms with Crippen molar-refractivity contribution >= 4 is 19.8 Å². The van der Waals surface area contributed by atoms with Crippen molar-refractivity contribution in [3.63, 3.8) is 0 Å². The number of hydrogen-bond donors (Lipinski definition) is 2. The van der Waals surface area contributed by atoms with Crippen molar-refractivity contribution < 1.29 is 37.6 Å². The molecule has 75 heavy (non-hydrogen) atoms. The van der Waals surface area contributed by atoms with E-state index in [1.54, 1.807) is 0 Å². The summed E-state index contributed by atoms with van der Waals surface area (Å²) in [5, 5.41) is 0. The van der Waals surface area contributed by atoms with Gasteiger partial charge in [0.15, 0.2) is 6.10 Å². The minimum absolute atomic E-state index is 0.0473. The molecule has 0 radical (unpaired) electrons. The maximum Gasteiger partial charge on any atom is 0.472 e. The Bertz CT molecular complexity index is 1550. The van der Waals surface area contributed by atoms with Crippen LogP contribution in [0.5, 0.6) is 0 Å². The lowest BCUT2D eigenvalue weighted by atomic mass is 10.0. The van der Waals surface area contributed by atoms with Gasteiger partial charge in [-0.3, -0.25) is 18.6 Å². The van der Waals surface area contributed by atoms with E-state index in [-0.39, 0.29) is 38.6 Å².